The second kappa shape index (κ2) is 8.51. The highest BCUT2D eigenvalue weighted by molar-refractivity contribution is 9.10. The Morgan fingerprint density at radius 2 is 2.15 bits per heavy atom. The number of urea groups is 1. The van der Waals surface area contributed by atoms with Gasteiger partial charge < -0.3 is 15.7 Å². The third-order valence-electron chi connectivity index (χ3n) is 2.12. The largest absolute Gasteiger partial charge is 0.478 e. The maximum Gasteiger partial charge on any atom is 0.335 e. The first-order valence-corrected chi connectivity index (χ1v) is 7.57. The predicted molar refractivity (Wildman–Crippen MR) is 84.3 cm³/mol. The summed E-state index contributed by atoms with van der Waals surface area (Å²) >= 11 is 4.74. The van der Waals surface area contributed by atoms with Crippen LogP contribution in [0, 0.1) is 12.3 Å². The minimum atomic E-state index is -1.06. The van der Waals surface area contributed by atoms with E-state index in [1.165, 1.54) is 12.1 Å². The second-order valence-corrected chi connectivity index (χ2v) is 5.69. The highest BCUT2D eigenvalue weighted by atomic mass is 79.9. The van der Waals surface area contributed by atoms with Crippen LogP contribution in [0.3, 0.4) is 0 Å². The van der Waals surface area contributed by atoms with E-state index in [1.807, 2.05) is 0 Å². The Morgan fingerprint density at radius 1 is 1.40 bits per heavy atom. The van der Waals surface area contributed by atoms with Crippen molar-refractivity contribution in [1.82, 2.24) is 5.32 Å². The molecule has 0 heterocycles. The molecule has 0 bridgehead atoms. The number of hydrogen-bond acceptors (Lipinski definition) is 3. The molecule has 0 unspecified atom stereocenters. The van der Waals surface area contributed by atoms with Gasteiger partial charge in [-0.1, -0.05) is 21.9 Å². The Hall–Kier alpha value is -1.65. The molecular formula is C13H13BrN2O3S. The van der Waals surface area contributed by atoms with Crippen LogP contribution in [-0.4, -0.2) is 35.2 Å². The van der Waals surface area contributed by atoms with Crippen LogP contribution in [0.2, 0.25) is 0 Å². The van der Waals surface area contributed by atoms with Gasteiger partial charge in [0.1, 0.15) is 0 Å². The number of anilines is 1. The van der Waals surface area contributed by atoms with Crippen molar-refractivity contribution >= 4 is 45.4 Å². The number of hydrogen-bond donors (Lipinski definition) is 3. The van der Waals surface area contributed by atoms with Crippen molar-refractivity contribution in [1.29, 1.82) is 0 Å². The van der Waals surface area contributed by atoms with E-state index in [0.29, 0.717) is 22.5 Å². The lowest BCUT2D eigenvalue weighted by Crippen LogP contribution is -2.30. The lowest BCUT2D eigenvalue weighted by atomic mass is 10.2. The summed E-state index contributed by atoms with van der Waals surface area (Å²) in [5, 5.41) is 14.2. The first kappa shape index (κ1) is 16.4. The van der Waals surface area contributed by atoms with Gasteiger partial charge in [0.15, 0.2) is 0 Å². The van der Waals surface area contributed by atoms with Crippen molar-refractivity contribution in [2.24, 2.45) is 0 Å². The molecule has 106 valence electrons. The monoisotopic (exact) mass is 356 g/mol. The molecule has 2 amide bonds. The summed E-state index contributed by atoms with van der Waals surface area (Å²) in [5.74, 6) is 2.76. The topological polar surface area (TPSA) is 78.4 Å². The van der Waals surface area contributed by atoms with E-state index in [0.717, 1.165) is 5.75 Å². The molecule has 1 rings (SSSR count). The van der Waals surface area contributed by atoms with Crippen LogP contribution in [0.5, 0.6) is 0 Å². The van der Waals surface area contributed by atoms with Crippen molar-refractivity contribution in [2.45, 2.75) is 0 Å². The van der Waals surface area contributed by atoms with E-state index >= 15 is 0 Å². The number of terminal acetylenes is 1. The normalized spacial score (nSPS) is 9.60. The predicted octanol–water partition coefficient (Wildman–Crippen LogP) is 2.64. The molecule has 1 aromatic rings. The number of halogens is 1. The van der Waals surface area contributed by atoms with Crippen LogP contribution in [-0.2, 0) is 0 Å². The first-order valence-electron chi connectivity index (χ1n) is 5.63. The molecule has 0 aliphatic carbocycles. The molecule has 0 aliphatic heterocycles. The van der Waals surface area contributed by atoms with E-state index in [2.05, 4.69) is 32.5 Å². The molecule has 0 aliphatic rings. The summed E-state index contributed by atoms with van der Waals surface area (Å²) in [6.45, 7) is 0.484. The van der Waals surface area contributed by atoms with Crippen molar-refractivity contribution in [2.75, 3.05) is 23.4 Å². The number of carboxylic acid groups (broad SMARTS) is 1. The molecule has 20 heavy (non-hydrogen) atoms. The van der Waals surface area contributed by atoms with E-state index < -0.39 is 5.97 Å². The molecule has 0 aromatic heterocycles. The maximum absolute atomic E-state index is 11.6. The number of carboxylic acids is 1. The van der Waals surface area contributed by atoms with Gasteiger partial charge in [0, 0.05) is 22.5 Å². The van der Waals surface area contributed by atoms with Gasteiger partial charge in [-0.05, 0) is 18.2 Å². The number of carbonyl (C=O) groups is 2. The molecular weight excluding hydrogens is 344 g/mol. The molecule has 0 atom stereocenters. The average Bonchev–Trinajstić information content (AvgIpc) is 2.37. The summed E-state index contributed by atoms with van der Waals surface area (Å²) in [6.07, 6.45) is 5.10. The van der Waals surface area contributed by atoms with Crippen molar-refractivity contribution < 1.29 is 14.7 Å². The summed E-state index contributed by atoms with van der Waals surface area (Å²) in [4.78, 5) is 22.5. The van der Waals surface area contributed by atoms with E-state index in [-0.39, 0.29) is 11.6 Å². The summed E-state index contributed by atoms with van der Waals surface area (Å²) in [5.41, 5.74) is 0.504. The van der Waals surface area contributed by atoms with Crippen molar-refractivity contribution in [3.8, 4) is 12.3 Å². The zero-order valence-corrected chi connectivity index (χ0v) is 12.9. The number of amides is 2. The number of aromatic carboxylic acids is 1. The van der Waals surface area contributed by atoms with Gasteiger partial charge in [-0.2, -0.15) is 0 Å². The lowest BCUT2D eigenvalue weighted by molar-refractivity contribution is 0.0697. The minimum Gasteiger partial charge on any atom is -0.478 e. The molecule has 7 heteroatoms. The first-order chi connectivity index (χ1) is 9.52. The SMILES string of the molecule is C#CCSCCNC(=O)Nc1cc(Br)cc(C(=O)O)c1. The standard InChI is InChI=1S/C13H13BrN2O3S/c1-2-4-20-5-3-15-13(19)16-11-7-9(12(17)18)6-10(14)8-11/h1,6-8H,3-5H2,(H,17,18)(H2,15,16,19). The number of benzene rings is 1. The minimum absolute atomic E-state index is 0.0965. The molecule has 3 N–H and O–H groups in total. The van der Waals surface area contributed by atoms with Crippen LogP contribution >= 0.6 is 27.7 Å². The van der Waals surface area contributed by atoms with Gasteiger partial charge >= 0.3 is 12.0 Å². The van der Waals surface area contributed by atoms with Gasteiger partial charge in [0.2, 0.25) is 0 Å². The third-order valence-corrected chi connectivity index (χ3v) is 3.44. The highest BCUT2D eigenvalue weighted by Crippen LogP contribution is 2.19. The molecule has 0 saturated heterocycles. The van der Waals surface area contributed by atoms with Crippen LogP contribution in [0.1, 0.15) is 10.4 Å². The molecule has 0 saturated carbocycles. The second-order valence-electron chi connectivity index (χ2n) is 3.67. The molecule has 0 radical (unpaired) electrons. The average molecular weight is 357 g/mol. The Bertz CT molecular complexity index is 543. The van der Waals surface area contributed by atoms with Gasteiger partial charge in [-0.25, -0.2) is 9.59 Å². The van der Waals surface area contributed by atoms with Crippen LogP contribution in [0.15, 0.2) is 22.7 Å². The van der Waals surface area contributed by atoms with E-state index in [1.54, 1.807) is 17.8 Å². The van der Waals surface area contributed by atoms with Gasteiger partial charge in [-0.15, -0.1) is 18.2 Å². The van der Waals surface area contributed by atoms with Gasteiger partial charge in [0.25, 0.3) is 0 Å². The van der Waals surface area contributed by atoms with Gasteiger partial charge in [-0.3, -0.25) is 0 Å². The summed E-state index contributed by atoms with van der Waals surface area (Å²) < 4.78 is 0.581. The smallest absolute Gasteiger partial charge is 0.335 e. The molecule has 0 fully saturated rings. The number of thioether (sulfide) groups is 1. The highest BCUT2D eigenvalue weighted by Gasteiger charge is 2.08. The molecule has 1 aromatic carbocycles. The molecule has 0 spiro atoms. The fourth-order valence-electron chi connectivity index (χ4n) is 1.33. The van der Waals surface area contributed by atoms with E-state index in [9.17, 15) is 9.59 Å². The van der Waals surface area contributed by atoms with Crippen LogP contribution in [0.25, 0.3) is 0 Å². The summed E-state index contributed by atoms with van der Waals surface area (Å²) in [6, 6.07) is 4.08. The van der Waals surface area contributed by atoms with Crippen molar-refractivity contribution in [3.05, 3.63) is 28.2 Å². The number of rotatable bonds is 6. The zero-order valence-electron chi connectivity index (χ0n) is 10.5. The van der Waals surface area contributed by atoms with Crippen LogP contribution < -0.4 is 10.6 Å². The Morgan fingerprint density at radius 3 is 2.80 bits per heavy atom. The fourth-order valence-corrected chi connectivity index (χ4v) is 2.33. The van der Waals surface area contributed by atoms with Crippen LogP contribution in [0.4, 0.5) is 10.5 Å². The zero-order chi connectivity index (χ0) is 15.0. The number of carbonyl (C=O) groups excluding carboxylic acids is 1. The van der Waals surface area contributed by atoms with Gasteiger partial charge in [0.05, 0.1) is 11.3 Å². The van der Waals surface area contributed by atoms with E-state index in [4.69, 9.17) is 11.5 Å². The molecule has 5 nitrogen and oxygen atoms in total. The quantitative estimate of drug-likeness (QED) is 0.540. The number of nitrogens with one attached hydrogen (secondary N) is 2. The van der Waals surface area contributed by atoms with Crippen molar-refractivity contribution in [3.63, 3.8) is 0 Å². The Kier molecular flexibility index (Phi) is 6.98. The maximum atomic E-state index is 11.6. The lowest BCUT2D eigenvalue weighted by Gasteiger charge is -2.08. The Labute approximate surface area is 129 Å². The third kappa shape index (κ3) is 5.99. The summed E-state index contributed by atoms with van der Waals surface area (Å²) in [7, 11) is 0. The Balaban J connectivity index is 2.49. The fraction of sp³-hybridized carbons (Fsp3) is 0.231.